The van der Waals surface area contributed by atoms with Crippen LogP contribution in [0.3, 0.4) is 0 Å². The molecule has 1 atom stereocenters. The first-order valence-corrected chi connectivity index (χ1v) is 8.46. The van der Waals surface area contributed by atoms with Crippen molar-refractivity contribution < 1.29 is 0 Å². The minimum absolute atomic E-state index is 0.306. The lowest BCUT2D eigenvalue weighted by Gasteiger charge is -2.16. The van der Waals surface area contributed by atoms with Gasteiger partial charge < -0.3 is 5.32 Å². The van der Waals surface area contributed by atoms with E-state index in [-0.39, 0.29) is 0 Å². The van der Waals surface area contributed by atoms with Crippen molar-refractivity contribution >= 4 is 22.9 Å². The lowest BCUT2D eigenvalue weighted by Crippen LogP contribution is -2.18. The van der Waals surface area contributed by atoms with Gasteiger partial charge in [0, 0.05) is 10.9 Å². The molecule has 0 bridgehead atoms. The highest BCUT2D eigenvalue weighted by Gasteiger charge is 2.18. The molecule has 0 amide bonds. The molecule has 3 rings (SSSR count). The van der Waals surface area contributed by atoms with E-state index in [1.165, 1.54) is 35.3 Å². The summed E-state index contributed by atoms with van der Waals surface area (Å²) in [6.07, 6.45) is 4.81. The molecule has 1 nitrogen and oxygen atoms in total. The largest absolute Gasteiger partial charge is 0.312 e. The first kappa shape index (κ1) is 14.1. The Labute approximate surface area is 130 Å². The Morgan fingerprint density at radius 3 is 2.80 bits per heavy atom. The number of hydrogen-bond donors (Lipinski definition) is 1. The van der Waals surface area contributed by atoms with Crippen molar-refractivity contribution in [1.29, 1.82) is 0 Å². The number of likely N-dealkylation sites (N-methyl/N-ethyl adjacent to an activating group) is 1. The van der Waals surface area contributed by atoms with Gasteiger partial charge in [-0.1, -0.05) is 29.8 Å². The Bertz CT molecular complexity index is 617. The monoisotopic (exact) mass is 305 g/mol. The van der Waals surface area contributed by atoms with Crippen LogP contribution in [-0.2, 0) is 19.3 Å². The second kappa shape index (κ2) is 5.88. The molecule has 1 N–H and O–H groups in total. The summed E-state index contributed by atoms with van der Waals surface area (Å²) in [6, 6.07) is 7.29. The van der Waals surface area contributed by atoms with Crippen molar-refractivity contribution in [3.63, 3.8) is 0 Å². The van der Waals surface area contributed by atoms with Crippen molar-refractivity contribution in [2.24, 2.45) is 0 Å². The zero-order chi connectivity index (χ0) is 14.1. The molecule has 20 heavy (non-hydrogen) atoms. The molecule has 106 valence electrons. The van der Waals surface area contributed by atoms with Crippen molar-refractivity contribution in [3.05, 3.63) is 55.7 Å². The van der Waals surface area contributed by atoms with E-state index < -0.39 is 0 Å². The Balaban J connectivity index is 1.83. The van der Waals surface area contributed by atoms with Gasteiger partial charge in [0.05, 0.1) is 5.02 Å². The van der Waals surface area contributed by atoms with Crippen LogP contribution in [0.5, 0.6) is 0 Å². The average Bonchev–Trinajstić information content (AvgIpc) is 3.04. The molecule has 1 aliphatic rings. The zero-order valence-corrected chi connectivity index (χ0v) is 13.6. The molecule has 2 aromatic rings. The van der Waals surface area contributed by atoms with Crippen LogP contribution in [-0.4, -0.2) is 7.05 Å². The molecule has 3 heteroatoms. The highest BCUT2D eigenvalue weighted by molar-refractivity contribution is 7.10. The first-order valence-electron chi connectivity index (χ1n) is 7.20. The molecule has 0 saturated carbocycles. The maximum atomic E-state index is 6.41. The fourth-order valence-corrected chi connectivity index (χ4v) is 4.43. The quantitative estimate of drug-likeness (QED) is 0.863. The molecular weight excluding hydrogens is 286 g/mol. The van der Waals surface area contributed by atoms with Crippen LogP contribution in [0.25, 0.3) is 0 Å². The number of rotatable bonds is 4. The molecular formula is C17H20ClNS. The number of thiophene rings is 1. The minimum Gasteiger partial charge on any atom is -0.312 e. The lowest BCUT2D eigenvalue weighted by molar-refractivity contribution is 0.602. The molecule has 1 heterocycles. The third kappa shape index (κ3) is 2.65. The Morgan fingerprint density at radius 1 is 1.30 bits per heavy atom. The summed E-state index contributed by atoms with van der Waals surface area (Å²) in [7, 11) is 2.02. The van der Waals surface area contributed by atoms with Gasteiger partial charge in [0.15, 0.2) is 0 Å². The van der Waals surface area contributed by atoms with E-state index in [4.69, 9.17) is 11.6 Å². The van der Waals surface area contributed by atoms with Gasteiger partial charge in [0.1, 0.15) is 0 Å². The fourth-order valence-electron chi connectivity index (χ4n) is 3.00. The average molecular weight is 306 g/mol. The molecule has 1 aromatic heterocycles. The maximum absolute atomic E-state index is 6.41. The van der Waals surface area contributed by atoms with Crippen LogP contribution in [0.1, 0.15) is 39.6 Å². The smallest absolute Gasteiger partial charge is 0.0590 e. The van der Waals surface area contributed by atoms with Gasteiger partial charge in [-0.05, 0) is 67.3 Å². The van der Waals surface area contributed by atoms with E-state index in [1.54, 1.807) is 22.5 Å². The zero-order valence-electron chi connectivity index (χ0n) is 12.0. The molecule has 0 aliphatic heterocycles. The summed E-state index contributed by atoms with van der Waals surface area (Å²) in [5, 5.41) is 6.48. The SMILES string of the molecule is CNC(Cc1ccc2c(c1)CCC2)c1scc(C)c1Cl. The fraction of sp³-hybridized carbons (Fsp3) is 0.412. The molecule has 0 spiro atoms. The van der Waals surface area contributed by atoms with E-state index in [0.717, 1.165) is 11.4 Å². The van der Waals surface area contributed by atoms with Crippen LogP contribution < -0.4 is 5.32 Å². The Morgan fingerprint density at radius 2 is 2.10 bits per heavy atom. The Hall–Kier alpha value is -0.830. The number of benzene rings is 1. The van der Waals surface area contributed by atoms with Crippen molar-refractivity contribution in [3.8, 4) is 0 Å². The van der Waals surface area contributed by atoms with Crippen LogP contribution in [0, 0.1) is 6.92 Å². The second-order valence-electron chi connectivity index (χ2n) is 5.60. The summed E-state index contributed by atoms with van der Waals surface area (Å²) in [5.41, 5.74) is 5.68. The number of aryl methyl sites for hydroxylation is 3. The van der Waals surface area contributed by atoms with E-state index in [9.17, 15) is 0 Å². The topological polar surface area (TPSA) is 12.0 Å². The Kier molecular flexibility index (Phi) is 4.16. The number of nitrogens with one attached hydrogen (secondary N) is 1. The summed E-state index contributed by atoms with van der Waals surface area (Å²) in [4.78, 5) is 1.26. The third-order valence-electron chi connectivity index (χ3n) is 4.19. The molecule has 1 unspecified atom stereocenters. The number of fused-ring (bicyclic) bond motifs is 1. The second-order valence-corrected chi connectivity index (χ2v) is 6.89. The standard InChI is InChI=1S/C17H20ClNS/c1-11-10-20-17(16(11)18)15(19-2)9-12-6-7-13-4-3-5-14(13)8-12/h6-8,10,15,19H,3-5,9H2,1-2H3. The summed E-state index contributed by atoms with van der Waals surface area (Å²) >= 11 is 8.17. The van der Waals surface area contributed by atoms with Crippen molar-refractivity contribution in [2.75, 3.05) is 7.05 Å². The first-order chi connectivity index (χ1) is 9.69. The minimum atomic E-state index is 0.306. The maximum Gasteiger partial charge on any atom is 0.0590 e. The normalized spacial score (nSPS) is 15.3. The third-order valence-corrected chi connectivity index (χ3v) is 6.02. The van der Waals surface area contributed by atoms with E-state index in [0.29, 0.717) is 6.04 Å². The van der Waals surface area contributed by atoms with E-state index in [1.807, 2.05) is 7.05 Å². The van der Waals surface area contributed by atoms with Gasteiger partial charge in [-0.2, -0.15) is 0 Å². The highest BCUT2D eigenvalue weighted by atomic mass is 35.5. The lowest BCUT2D eigenvalue weighted by atomic mass is 10.00. The predicted molar refractivity (Wildman–Crippen MR) is 88.0 cm³/mol. The van der Waals surface area contributed by atoms with Crippen molar-refractivity contribution in [2.45, 2.75) is 38.6 Å². The van der Waals surface area contributed by atoms with E-state index >= 15 is 0 Å². The van der Waals surface area contributed by atoms with E-state index in [2.05, 4.69) is 35.8 Å². The number of hydrogen-bond acceptors (Lipinski definition) is 2. The molecule has 1 aromatic carbocycles. The van der Waals surface area contributed by atoms with Gasteiger partial charge in [-0.3, -0.25) is 0 Å². The molecule has 0 radical (unpaired) electrons. The van der Waals surface area contributed by atoms with Gasteiger partial charge in [0.25, 0.3) is 0 Å². The van der Waals surface area contributed by atoms with Crippen molar-refractivity contribution in [1.82, 2.24) is 5.32 Å². The van der Waals surface area contributed by atoms with Crippen LogP contribution in [0.4, 0.5) is 0 Å². The van der Waals surface area contributed by atoms with Crippen LogP contribution in [0.15, 0.2) is 23.6 Å². The van der Waals surface area contributed by atoms with Gasteiger partial charge in [-0.15, -0.1) is 11.3 Å². The summed E-state index contributed by atoms with van der Waals surface area (Å²) in [6.45, 7) is 2.07. The summed E-state index contributed by atoms with van der Waals surface area (Å²) < 4.78 is 0. The molecule has 0 saturated heterocycles. The van der Waals surface area contributed by atoms with Gasteiger partial charge in [-0.25, -0.2) is 0 Å². The van der Waals surface area contributed by atoms with Crippen LogP contribution >= 0.6 is 22.9 Å². The predicted octanol–water partition coefficient (Wildman–Crippen LogP) is 4.70. The highest BCUT2D eigenvalue weighted by Crippen LogP contribution is 2.34. The van der Waals surface area contributed by atoms with Gasteiger partial charge in [0.2, 0.25) is 0 Å². The summed E-state index contributed by atoms with van der Waals surface area (Å²) in [5.74, 6) is 0. The molecule has 1 aliphatic carbocycles. The van der Waals surface area contributed by atoms with Gasteiger partial charge >= 0.3 is 0 Å². The molecule has 0 fully saturated rings. The van der Waals surface area contributed by atoms with Crippen LogP contribution in [0.2, 0.25) is 5.02 Å². The number of halogens is 1.